The molecule has 0 aromatic carbocycles. The van der Waals surface area contributed by atoms with E-state index in [4.69, 9.17) is 5.73 Å². The highest BCUT2D eigenvalue weighted by Gasteiger charge is 2.32. The van der Waals surface area contributed by atoms with Crippen molar-refractivity contribution in [1.82, 2.24) is 14.8 Å². The van der Waals surface area contributed by atoms with Crippen LogP contribution < -0.4 is 11.4 Å². The Morgan fingerprint density at radius 2 is 2.24 bits per heavy atom. The van der Waals surface area contributed by atoms with E-state index in [9.17, 15) is 4.79 Å². The highest BCUT2D eigenvalue weighted by atomic mass is 32.2. The molecule has 1 aromatic heterocycles. The molecule has 1 aromatic rings. The van der Waals surface area contributed by atoms with Gasteiger partial charge in [-0.3, -0.25) is 4.57 Å². The molecule has 3 atom stereocenters. The predicted molar refractivity (Wildman–Crippen MR) is 69.3 cm³/mol. The monoisotopic (exact) mass is 256 g/mol. The molecule has 2 rings (SSSR count). The van der Waals surface area contributed by atoms with Gasteiger partial charge in [-0.2, -0.15) is 0 Å². The zero-order valence-electron chi connectivity index (χ0n) is 10.5. The van der Waals surface area contributed by atoms with Crippen LogP contribution in [-0.2, 0) is 0 Å². The average molecular weight is 256 g/mol. The fourth-order valence-electron chi connectivity index (χ4n) is 2.29. The maximum atomic E-state index is 11.6. The second-order valence-electron chi connectivity index (χ2n) is 5.03. The average Bonchev–Trinajstić information content (AvgIpc) is 2.77. The van der Waals surface area contributed by atoms with Crippen molar-refractivity contribution in [3.8, 4) is 0 Å². The zero-order valence-corrected chi connectivity index (χ0v) is 11.3. The minimum absolute atomic E-state index is 0.127. The van der Waals surface area contributed by atoms with Crippen molar-refractivity contribution in [3.05, 3.63) is 10.5 Å². The third kappa shape index (κ3) is 2.42. The van der Waals surface area contributed by atoms with E-state index in [1.54, 1.807) is 16.3 Å². The van der Waals surface area contributed by atoms with Gasteiger partial charge >= 0.3 is 5.69 Å². The van der Waals surface area contributed by atoms with Crippen LogP contribution in [0.4, 0.5) is 0 Å². The fourth-order valence-corrected chi connectivity index (χ4v) is 3.74. The summed E-state index contributed by atoms with van der Waals surface area (Å²) in [6.07, 6.45) is 2.17. The van der Waals surface area contributed by atoms with Crippen molar-refractivity contribution in [2.45, 2.75) is 56.1 Å². The molecule has 1 fully saturated rings. The number of aromatic amines is 1. The Kier molecular flexibility index (Phi) is 3.63. The van der Waals surface area contributed by atoms with Gasteiger partial charge in [0.1, 0.15) is 0 Å². The van der Waals surface area contributed by atoms with E-state index in [0.717, 1.165) is 18.0 Å². The molecule has 0 saturated heterocycles. The molecule has 3 N–H and O–H groups in total. The van der Waals surface area contributed by atoms with E-state index in [2.05, 4.69) is 17.1 Å². The van der Waals surface area contributed by atoms with Crippen LogP contribution in [0.1, 0.15) is 39.7 Å². The van der Waals surface area contributed by atoms with Crippen LogP contribution in [-0.4, -0.2) is 26.1 Å². The summed E-state index contributed by atoms with van der Waals surface area (Å²) < 4.78 is 1.71. The Balaban J connectivity index is 2.17. The van der Waals surface area contributed by atoms with Crippen LogP contribution in [0.2, 0.25) is 0 Å². The van der Waals surface area contributed by atoms with E-state index < -0.39 is 0 Å². The van der Waals surface area contributed by atoms with Gasteiger partial charge in [-0.1, -0.05) is 18.7 Å². The molecule has 3 unspecified atom stereocenters. The smallest absolute Gasteiger partial charge is 0.327 e. The molecule has 1 aliphatic carbocycles. The number of H-pyrrole nitrogens is 1. The van der Waals surface area contributed by atoms with E-state index in [0.29, 0.717) is 11.2 Å². The van der Waals surface area contributed by atoms with Gasteiger partial charge in [0, 0.05) is 17.3 Å². The third-order valence-electron chi connectivity index (χ3n) is 3.49. The van der Waals surface area contributed by atoms with Crippen molar-refractivity contribution in [2.24, 2.45) is 11.7 Å². The lowest BCUT2D eigenvalue weighted by Gasteiger charge is -2.17. The number of thioether (sulfide) groups is 1. The lowest BCUT2D eigenvalue weighted by atomic mass is 10.1. The van der Waals surface area contributed by atoms with Crippen molar-refractivity contribution in [2.75, 3.05) is 0 Å². The van der Waals surface area contributed by atoms with Gasteiger partial charge in [0.25, 0.3) is 0 Å². The lowest BCUT2D eigenvalue weighted by Crippen LogP contribution is -2.26. The SMILES string of the molecule is CC1C(N)CCC1Sc1n[nH]c(=O)n1C(C)C. The molecule has 17 heavy (non-hydrogen) atoms. The number of rotatable bonds is 3. The fraction of sp³-hybridized carbons (Fsp3) is 0.818. The van der Waals surface area contributed by atoms with Gasteiger partial charge in [-0.05, 0) is 32.6 Å². The van der Waals surface area contributed by atoms with Crippen LogP contribution >= 0.6 is 11.8 Å². The van der Waals surface area contributed by atoms with Crippen molar-refractivity contribution >= 4 is 11.8 Å². The maximum Gasteiger partial charge on any atom is 0.344 e. The predicted octanol–water partition coefficient (Wildman–Crippen LogP) is 1.37. The van der Waals surface area contributed by atoms with Gasteiger partial charge in [0.2, 0.25) is 0 Å². The number of nitrogens with two attached hydrogens (primary N) is 1. The topological polar surface area (TPSA) is 76.7 Å². The highest BCUT2D eigenvalue weighted by Crippen LogP contribution is 2.37. The quantitative estimate of drug-likeness (QED) is 0.856. The van der Waals surface area contributed by atoms with Crippen molar-refractivity contribution in [3.63, 3.8) is 0 Å². The largest absolute Gasteiger partial charge is 0.344 e. The molecule has 6 heteroatoms. The second-order valence-corrected chi connectivity index (χ2v) is 6.24. The Morgan fingerprint density at radius 3 is 2.76 bits per heavy atom. The van der Waals surface area contributed by atoms with Crippen LogP contribution in [0.5, 0.6) is 0 Å². The van der Waals surface area contributed by atoms with Crippen molar-refractivity contribution < 1.29 is 0 Å². The summed E-state index contributed by atoms with van der Waals surface area (Å²) in [6, 6.07) is 0.416. The first-order valence-corrected chi connectivity index (χ1v) is 6.97. The molecule has 1 heterocycles. The normalized spacial score (nSPS) is 29.1. The molecule has 96 valence electrons. The number of hydrogen-bond donors (Lipinski definition) is 2. The molecule has 5 nitrogen and oxygen atoms in total. The summed E-state index contributed by atoms with van der Waals surface area (Å²) in [5.41, 5.74) is 5.89. The molecule has 1 aliphatic rings. The van der Waals surface area contributed by atoms with E-state index in [1.807, 2.05) is 13.8 Å². The molecular formula is C11H20N4OS. The van der Waals surface area contributed by atoms with E-state index in [1.165, 1.54) is 0 Å². The first-order valence-electron chi connectivity index (χ1n) is 6.10. The summed E-state index contributed by atoms with van der Waals surface area (Å²) in [5, 5.41) is 7.89. The van der Waals surface area contributed by atoms with Gasteiger partial charge in [0.15, 0.2) is 5.16 Å². The number of nitrogens with zero attached hydrogens (tertiary/aromatic N) is 2. The van der Waals surface area contributed by atoms with Crippen LogP contribution in [0, 0.1) is 5.92 Å². The number of aromatic nitrogens is 3. The standard InChI is InChI=1S/C11H20N4OS/c1-6(2)15-10(16)13-14-11(15)17-9-5-4-8(12)7(9)3/h6-9H,4-5,12H2,1-3H3,(H,13,16). The Hall–Kier alpha value is -0.750. The summed E-state index contributed by atoms with van der Waals surface area (Å²) in [5.74, 6) is 0.479. The van der Waals surface area contributed by atoms with Crippen LogP contribution in [0.3, 0.4) is 0 Å². The molecule has 0 radical (unpaired) electrons. The van der Waals surface area contributed by atoms with Gasteiger partial charge < -0.3 is 5.73 Å². The third-order valence-corrected chi connectivity index (χ3v) is 4.96. The molecule has 0 bridgehead atoms. The molecular weight excluding hydrogens is 236 g/mol. The van der Waals surface area contributed by atoms with Gasteiger partial charge in [-0.25, -0.2) is 9.89 Å². The first-order chi connectivity index (χ1) is 8.00. The van der Waals surface area contributed by atoms with Gasteiger partial charge in [0.05, 0.1) is 0 Å². The summed E-state index contributed by atoms with van der Waals surface area (Å²) in [7, 11) is 0. The first kappa shape index (κ1) is 12.7. The molecule has 0 amide bonds. The zero-order chi connectivity index (χ0) is 12.6. The minimum Gasteiger partial charge on any atom is -0.327 e. The molecule has 0 spiro atoms. The van der Waals surface area contributed by atoms with E-state index >= 15 is 0 Å². The lowest BCUT2D eigenvalue weighted by molar-refractivity contribution is 0.522. The van der Waals surface area contributed by atoms with Crippen molar-refractivity contribution in [1.29, 1.82) is 0 Å². The van der Waals surface area contributed by atoms with E-state index in [-0.39, 0.29) is 17.8 Å². The highest BCUT2D eigenvalue weighted by molar-refractivity contribution is 7.99. The van der Waals surface area contributed by atoms with Crippen LogP contribution in [0.15, 0.2) is 9.95 Å². The Bertz CT molecular complexity index is 439. The van der Waals surface area contributed by atoms with Gasteiger partial charge in [-0.15, -0.1) is 5.10 Å². The second kappa shape index (κ2) is 4.86. The summed E-state index contributed by atoms with van der Waals surface area (Å²) >= 11 is 1.68. The Morgan fingerprint density at radius 1 is 1.53 bits per heavy atom. The molecule has 1 saturated carbocycles. The number of nitrogens with one attached hydrogen (secondary N) is 1. The molecule has 0 aliphatic heterocycles. The Labute approximate surface area is 105 Å². The summed E-state index contributed by atoms with van der Waals surface area (Å²) in [6.45, 7) is 6.16. The van der Waals surface area contributed by atoms with Crippen LogP contribution in [0.25, 0.3) is 0 Å². The summed E-state index contributed by atoms with van der Waals surface area (Å²) in [4.78, 5) is 11.6. The minimum atomic E-state index is -0.127. The maximum absolute atomic E-state index is 11.6. The number of hydrogen-bond acceptors (Lipinski definition) is 4.